The van der Waals surface area contributed by atoms with Crippen molar-refractivity contribution in [2.45, 2.75) is 25.9 Å². The Balaban J connectivity index is 2.30. The summed E-state index contributed by atoms with van der Waals surface area (Å²) in [6.07, 6.45) is 4.27. The summed E-state index contributed by atoms with van der Waals surface area (Å²) in [7, 11) is 0. The van der Waals surface area contributed by atoms with Crippen LogP contribution in [0, 0.1) is 0 Å². The van der Waals surface area contributed by atoms with E-state index in [-0.39, 0.29) is 6.04 Å². The zero-order valence-corrected chi connectivity index (χ0v) is 8.96. The smallest absolute Gasteiger partial charge is 0.110 e. The molecular weight excluding hydrogens is 208 g/mol. The number of rotatable bonds is 5. The second-order valence-corrected chi connectivity index (χ2v) is 3.38. The van der Waals surface area contributed by atoms with Crippen molar-refractivity contribution in [2.24, 2.45) is 5.84 Å². The number of aryl methyl sites for hydroxylation is 1. The second kappa shape index (κ2) is 4.81. The van der Waals surface area contributed by atoms with E-state index in [1.165, 1.54) is 0 Å². The van der Waals surface area contributed by atoms with E-state index in [9.17, 15) is 0 Å². The lowest BCUT2D eigenvalue weighted by Gasteiger charge is -2.13. The van der Waals surface area contributed by atoms with E-state index in [1.54, 1.807) is 17.1 Å². The number of hydrazine groups is 1. The summed E-state index contributed by atoms with van der Waals surface area (Å²) >= 11 is 0. The van der Waals surface area contributed by atoms with Crippen molar-refractivity contribution in [1.29, 1.82) is 0 Å². The minimum absolute atomic E-state index is 0.250. The van der Waals surface area contributed by atoms with E-state index in [4.69, 9.17) is 5.84 Å². The summed E-state index contributed by atoms with van der Waals surface area (Å²) in [5.74, 6) is 5.52. The van der Waals surface area contributed by atoms with Crippen molar-refractivity contribution in [1.82, 2.24) is 35.8 Å². The molecule has 0 bridgehead atoms. The number of H-pyrrole nitrogens is 1. The molecule has 16 heavy (non-hydrogen) atoms. The first-order valence-corrected chi connectivity index (χ1v) is 5.07. The molecule has 1 atom stereocenters. The van der Waals surface area contributed by atoms with E-state index >= 15 is 0 Å². The fourth-order valence-corrected chi connectivity index (χ4v) is 1.55. The average Bonchev–Trinajstić information content (AvgIpc) is 2.92. The van der Waals surface area contributed by atoms with Gasteiger partial charge in [-0.05, 0) is 6.42 Å². The molecule has 8 nitrogen and oxygen atoms in total. The number of aromatic amines is 1. The van der Waals surface area contributed by atoms with Crippen molar-refractivity contribution in [2.75, 3.05) is 0 Å². The Morgan fingerprint density at radius 2 is 2.44 bits per heavy atom. The van der Waals surface area contributed by atoms with Crippen LogP contribution >= 0.6 is 0 Å². The number of hydrogen-bond donors (Lipinski definition) is 3. The topological polar surface area (TPSA) is 110 Å². The Morgan fingerprint density at radius 1 is 1.56 bits per heavy atom. The summed E-state index contributed by atoms with van der Waals surface area (Å²) < 4.78 is 1.80. The van der Waals surface area contributed by atoms with Gasteiger partial charge in [0.25, 0.3) is 0 Å². The third-order valence-electron chi connectivity index (χ3n) is 2.27. The molecular formula is C8H14N8. The van der Waals surface area contributed by atoms with Crippen LogP contribution in [0.1, 0.15) is 30.8 Å². The molecule has 0 saturated carbocycles. The normalized spacial score (nSPS) is 12.9. The van der Waals surface area contributed by atoms with Gasteiger partial charge >= 0.3 is 0 Å². The quantitative estimate of drug-likeness (QED) is 0.458. The maximum absolute atomic E-state index is 5.52. The average molecular weight is 222 g/mol. The molecule has 4 N–H and O–H groups in total. The molecule has 0 aromatic carbocycles. The SMILES string of the molecule is CCCn1nncc1C(NN)c1cn[nH]n1. The number of aromatic nitrogens is 6. The zero-order chi connectivity index (χ0) is 11.4. The first-order valence-electron chi connectivity index (χ1n) is 5.07. The van der Waals surface area contributed by atoms with Gasteiger partial charge < -0.3 is 0 Å². The van der Waals surface area contributed by atoms with Crippen molar-refractivity contribution in [3.63, 3.8) is 0 Å². The highest BCUT2D eigenvalue weighted by molar-refractivity contribution is 5.16. The van der Waals surface area contributed by atoms with Gasteiger partial charge in [-0.2, -0.15) is 15.4 Å². The van der Waals surface area contributed by atoms with Gasteiger partial charge in [0.05, 0.1) is 18.1 Å². The van der Waals surface area contributed by atoms with E-state index in [1.807, 2.05) is 0 Å². The van der Waals surface area contributed by atoms with E-state index in [0.29, 0.717) is 5.69 Å². The lowest BCUT2D eigenvalue weighted by molar-refractivity contribution is 0.506. The van der Waals surface area contributed by atoms with Crippen LogP contribution < -0.4 is 11.3 Å². The van der Waals surface area contributed by atoms with Crippen LogP contribution in [0.2, 0.25) is 0 Å². The lowest BCUT2D eigenvalue weighted by Crippen LogP contribution is -2.31. The molecule has 2 aromatic heterocycles. The van der Waals surface area contributed by atoms with Crippen molar-refractivity contribution < 1.29 is 0 Å². The van der Waals surface area contributed by atoms with Crippen molar-refractivity contribution in [3.05, 3.63) is 23.8 Å². The first-order chi connectivity index (χ1) is 7.86. The number of nitrogens with one attached hydrogen (secondary N) is 2. The third-order valence-corrected chi connectivity index (χ3v) is 2.27. The summed E-state index contributed by atoms with van der Waals surface area (Å²) in [4.78, 5) is 0. The molecule has 8 heteroatoms. The molecule has 0 spiro atoms. The summed E-state index contributed by atoms with van der Waals surface area (Å²) in [6, 6.07) is -0.250. The minimum Gasteiger partial charge on any atom is -0.270 e. The molecule has 0 amide bonds. The molecule has 2 aromatic rings. The van der Waals surface area contributed by atoms with E-state index in [2.05, 4.69) is 38.1 Å². The standard InChI is InChI=1S/C8H14N8/c1-2-3-16-7(5-11-15-16)8(12-9)6-4-10-14-13-6/h4-5,8,12H,2-3,9H2,1H3,(H,10,13,14). The minimum atomic E-state index is -0.250. The van der Waals surface area contributed by atoms with Crippen LogP contribution in [0.5, 0.6) is 0 Å². The molecule has 0 fully saturated rings. The van der Waals surface area contributed by atoms with Crippen LogP contribution in [0.25, 0.3) is 0 Å². The molecule has 0 aliphatic heterocycles. The highest BCUT2D eigenvalue weighted by Gasteiger charge is 2.19. The van der Waals surface area contributed by atoms with E-state index < -0.39 is 0 Å². The Hall–Kier alpha value is -1.80. The van der Waals surface area contributed by atoms with Gasteiger partial charge in [-0.1, -0.05) is 12.1 Å². The molecule has 0 radical (unpaired) electrons. The summed E-state index contributed by atoms with van der Waals surface area (Å²) in [5.41, 5.74) is 4.27. The predicted molar refractivity (Wildman–Crippen MR) is 55.9 cm³/mol. The maximum Gasteiger partial charge on any atom is 0.110 e. The maximum atomic E-state index is 5.52. The van der Waals surface area contributed by atoms with Crippen LogP contribution in [0.4, 0.5) is 0 Å². The van der Waals surface area contributed by atoms with Crippen LogP contribution in [0.15, 0.2) is 12.4 Å². The first kappa shape index (κ1) is 10.7. The van der Waals surface area contributed by atoms with Crippen molar-refractivity contribution in [3.8, 4) is 0 Å². The van der Waals surface area contributed by atoms with Gasteiger partial charge in [0.1, 0.15) is 11.7 Å². The van der Waals surface area contributed by atoms with E-state index in [0.717, 1.165) is 18.7 Å². The van der Waals surface area contributed by atoms with Gasteiger partial charge in [0.15, 0.2) is 0 Å². The Labute approximate surface area is 92.2 Å². The fourth-order valence-electron chi connectivity index (χ4n) is 1.55. The molecule has 86 valence electrons. The van der Waals surface area contributed by atoms with Gasteiger partial charge in [-0.25, -0.2) is 10.1 Å². The van der Waals surface area contributed by atoms with Crippen LogP contribution in [0.3, 0.4) is 0 Å². The number of nitrogens with zero attached hydrogens (tertiary/aromatic N) is 5. The van der Waals surface area contributed by atoms with Gasteiger partial charge in [-0.3, -0.25) is 5.84 Å². The Kier molecular flexibility index (Phi) is 3.22. The Morgan fingerprint density at radius 3 is 3.06 bits per heavy atom. The molecule has 2 heterocycles. The predicted octanol–water partition coefficient (Wildman–Crippen LogP) is -0.641. The lowest BCUT2D eigenvalue weighted by atomic mass is 10.2. The molecule has 1 unspecified atom stereocenters. The van der Waals surface area contributed by atoms with Crippen molar-refractivity contribution >= 4 is 0 Å². The molecule has 0 saturated heterocycles. The van der Waals surface area contributed by atoms with Crippen LogP contribution in [-0.4, -0.2) is 30.4 Å². The monoisotopic (exact) mass is 222 g/mol. The highest BCUT2D eigenvalue weighted by atomic mass is 15.4. The summed E-state index contributed by atoms with van der Waals surface area (Å²) in [6.45, 7) is 2.87. The second-order valence-electron chi connectivity index (χ2n) is 3.38. The largest absolute Gasteiger partial charge is 0.270 e. The number of hydrogen-bond acceptors (Lipinski definition) is 6. The number of nitrogens with two attached hydrogens (primary N) is 1. The zero-order valence-electron chi connectivity index (χ0n) is 8.96. The van der Waals surface area contributed by atoms with Gasteiger partial charge in [0, 0.05) is 6.54 Å². The molecule has 0 aliphatic rings. The Bertz CT molecular complexity index is 419. The van der Waals surface area contributed by atoms with Crippen LogP contribution in [-0.2, 0) is 6.54 Å². The molecule has 0 aliphatic carbocycles. The third kappa shape index (κ3) is 1.92. The summed E-state index contributed by atoms with van der Waals surface area (Å²) in [5, 5.41) is 18.2. The van der Waals surface area contributed by atoms with Gasteiger partial charge in [-0.15, -0.1) is 5.10 Å². The van der Waals surface area contributed by atoms with Gasteiger partial charge in [0.2, 0.25) is 0 Å². The fraction of sp³-hybridized carbons (Fsp3) is 0.500. The highest BCUT2D eigenvalue weighted by Crippen LogP contribution is 2.17. The molecule has 2 rings (SSSR count).